The summed E-state index contributed by atoms with van der Waals surface area (Å²) in [4.78, 5) is 14.5. The molecule has 1 aromatic carbocycles. The van der Waals surface area contributed by atoms with Gasteiger partial charge in [-0.05, 0) is 38.9 Å². The third-order valence-electron chi connectivity index (χ3n) is 4.71. The Morgan fingerprint density at radius 1 is 1.22 bits per heavy atom. The number of hydrogen-bond acceptors (Lipinski definition) is 3. The van der Waals surface area contributed by atoms with Crippen LogP contribution in [0.25, 0.3) is 0 Å². The number of halogens is 2. The van der Waals surface area contributed by atoms with Crippen molar-refractivity contribution in [3.8, 4) is 0 Å². The van der Waals surface area contributed by atoms with Crippen LogP contribution in [-0.4, -0.2) is 43.0 Å². The van der Waals surface area contributed by atoms with E-state index >= 15 is 0 Å². The van der Waals surface area contributed by atoms with E-state index in [1.54, 1.807) is 0 Å². The number of carbonyl (C=O) groups is 1. The second-order valence-corrected chi connectivity index (χ2v) is 6.34. The van der Waals surface area contributed by atoms with Crippen LogP contribution in [0.4, 0.5) is 0 Å². The van der Waals surface area contributed by atoms with Gasteiger partial charge in [-0.2, -0.15) is 0 Å². The Labute approximate surface area is 152 Å². The number of rotatable bonds is 6. The highest BCUT2D eigenvalue weighted by molar-refractivity contribution is 5.85. The van der Waals surface area contributed by atoms with E-state index in [2.05, 4.69) is 24.3 Å². The molecule has 6 heteroatoms. The van der Waals surface area contributed by atoms with E-state index in [1.165, 1.54) is 12.8 Å². The lowest BCUT2D eigenvalue weighted by molar-refractivity contribution is -0.122. The Kier molecular flexibility index (Phi) is 9.78. The van der Waals surface area contributed by atoms with E-state index in [1.807, 2.05) is 30.3 Å². The van der Waals surface area contributed by atoms with Gasteiger partial charge in [-0.1, -0.05) is 43.2 Å². The molecule has 4 nitrogen and oxygen atoms in total. The highest BCUT2D eigenvalue weighted by Gasteiger charge is 2.36. The zero-order valence-electron chi connectivity index (χ0n) is 14.0. The standard InChI is InChI=1S/C17H27N3O.2ClH/c1-20(2)17(10-6-7-11-17)13-19-16(21)15(18)12-14-8-4-3-5-9-14;;/h3-5,8-9,15H,6-7,10-13,18H2,1-2H3,(H,19,21);2*1H/t15-;;/m0../s1. The van der Waals surface area contributed by atoms with Gasteiger partial charge >= 0.3 is 0 Å². The normalized spacial score (nSPS) is 17.0. The molecule has 1 aliphatic carbocycles. The minimum atomic E-state index is -0.479. The van der Waals surface area contributed by atoms with Crippen LogP contribution >= 0.6 is 24.8 Å². The maximum atomic E-state index is 12.2. The van der Waals surface area contributed by atoms with Gasteiger partial charge < -0.3 is 16.0 Å². The second-order valence-electron chi connectivity index (χ2n) is 6.34. The molecule has 0 heterocycles. The molecule has 132 valence electrons. The Morgan fingerprint density at radius 3 is 2.30 bits per heavy atom. The van der Waals surface area contributed by atoms with Crippen LogP contribution in [0, 0.1) is 0 Å². The van der Waals surface area contributed by atoms with Crippen LogP contribution in [0.5, 0.6) is 0 Å². The molecule has 0 saturated heterocycles. The highest BCUT2D eigenvalue weighted by atomic mass is 35.5. The van der Waals surface area contributed by atoms with Crippen LogP contribution in [0.1, 0.15) is 31.2 Å². The summed E-state index contributed by atoms with van der Waals surface area (Å²) in [5.41, 5.74) is 7.24. The summed E-state index contributed by atoms with van der Waals surface area (Å²) in [6.45, 7) is 0.696. The number of amides is 1. The van der Waals surface area contributed by atoms with Crippen LogP contribution in [0.15, 0.2) is 30.3 Å². The first-order valence-corrected chi connectivity index (χ1v) is 7.78. The Balaban J connectivity index is 0.00000242. The molecule has 1 fully saturated rings. The van der Waals surface area contributed by atoms with Crippen LogP contribution in [0.2, 0.25) is 0 Å². The molecule has 0 aromatic heterocycles. The van der Waals surface area contributed by atoms with Gasteiger partial charge in [0.25, 0.3) is 0 Å². The average molecular weight is 362 g/mol. The predicted molar refractivity (Wildman–Crippen MR) is 101 cm³/mol. The van der Waals surface area contributed by atoms with Gasteiger partial charge in [-0.15, -0.1) is 24.8 Å². The summed E-state index contributed by atoms with van der Waals surface area (Å²) in [6.07, 6.45) is 5.36. The number of benzene rings is 1. The van der Waals surface area contributed by atoms with Crippen LogP contribution in [0.3, 0.4) is 0 Å². The molecule has 0 spiro atoms. The number of nitrogens with one attached hydrogen (secondary N) is 1. The second kappa shape index (κ2) is 10.1. The molecule has 0 aliphatic heterocycles. The number of likely N-dealkylation sites (N-methyl/N-ethyl adjacent to an activating group) is 1. The average Bonchev–Trinajstić information content (AvgIpc) is 2.96. The SMILES string of the molecule is CN(C)C1(CNC(=O)[C@@H](N)Cc2ccccc2)CCCC1.Cl.Cl. The lowest BCUT2D eigenvalue weighted by atomic mass is 9.95. The smallest absolute Gasteiger partial charge is 0.237 e. The fraction of sp³-hybridized carbons (Fsp3) is 0.588. The minimum Gasteiger partial charge on any atom is -0.353 e. The van der Waals surface area contributed by atoms with E-state index in [0.717, 1.165) is 18.4 Å². The monoisotopic (exact) mass is 361 g/mol. The highest BCUT2D eigenvalue weighted by Crippen LogP contribution is 2.33. The molecule has 23 heavy (non-hydrogen) atoms. The number of hydrogen-bond donors (Lipinski definition) is 2. The lowest BCUT2D eigenvalue weighted by Gasteiger charge is -2.36. The molecule has 3 N–H and O–H groups in total. The molecule has 0 unspecified atom stereocenters. The molecule has 0 radical (unpaired) electrons. The van der Waals surface area contributed by atoms with E-state index in [0.29, 0.717) is 13.0 Å². The topological polar surface area (TPSA) is 58.4 Å². The molecular weight excluding hydrogens is 333 g/mol. The van der Waals surface area contributed by atoms with Crippen molar-refractivity contribution in [3.05, 3.63) is 35.9 Å². The van der Waals surface area contributed by atoms with Gasteiger partial charge in [0.15, 0.2) is 0 Å². The van der Waals surface area contributed by atoms with Gasteiger partial charge in [-0.3, -0.25) is 4.79 Å². The van der Waals surface area contributed by atoms with E-state index in [-0.39, 0.29) is 36.3 Å². The molecule has 1 amide bonds. The summed E-state index contributed by atoms with van der Waals surface area (Å²) in [5.74, 6) is -0.0491. The van der Waals surface area contributed by atoms with Gasteiger partial charge in [0.1, 0.15) is 0 Å². The maximum Gasteiger partial charge on any atom is 0.237 e. The number of carbonyl (C=O) groups excluding carboxylic acids is 1. The maximum absolute atomic E-state index is 12.2. The van der Waals surface area contributed by atoms with Gasteiger partial charge in [0, 0.05) is 12.1 Å². The Morgan fingerprint density at radius 2 is 1.78 bits per heavy atom. The fourth-order valence-electron chi connectivity index (χ4n) is 3.16. The fourth-order valence-corrected chi connectivity index (χ4v) is 3.16. The summed E-state index contributed by atoms with van der Waals surface area (Å²) >= 11 is 0. The van der Waals surface area contributed by atoms with Crippen LogP contribution in [-0.2, 0) is 11.2 Å². The number of nitrogens with zero attached hydrogens (tertiary/aromatic N) is 1. The molecule has 1 atom stereocenters. The summed E-state index contributed by atoms with van der Waals surface area (Å²) in [6, 6.07) is 9.44. The minimum absolute atomic E-state index is 0. The molecular formula is C17H29Cl2N3O. The Hall–Kier alpha value is -0.810. The first-order chi connectivity index (χ1) is 10.0. The van der Waals surface area contributed by atoms with Crippen molar-refractivity contribution in [3.63, 3.8) is 0 Å². The van der Waals surface area contributed by atoms with Crippen molar-refractivity contribution in [1.82, 2.24) is 10.2 Å². The summed E-state index contributed by atoms with van der Waals surface area (Å²) in [7, 11) is 4.20. The van der Waals surface area contributed by atoms with Gasteiger partial charge in [-0.25, -0.2) is 0 Å². The molecule has 0 bridgehead atoms. The van der Waals surface area contributed by atoms with Gasteiger partial charge in [0.2, 0.25) is 5.91 Å². The van der Waals surface area contributed by atoms with Crippen molar-refractivity contribution in [2.24, 2.45) is 5.73 Å². The van der Waals surface area contributed by atoms with E-state index in [9.17, 15) is 4.79 Å². The van der Waals surface area contributed by atoms with Crippen molar-refractivity contribution in [1.29, 1.82) is 0 Å². The van der Waals surface area contributed by atoms with Crippen molar-refractivity contribution >= 4 is 30.7 Å². The van der Waals surface area contributed by atoms with E-state index in [4.69, 9.17) is 5.73 Å². The third kappa shape index (κ3) is 5.96. The first kappa shape index (κ1) is 22.2. The predicted octanol–water partition coefficient (Wildman–Crippen LogP) is 2.39. The lowest BCUT2D eigenvalue weighted by Crippen LogP contribution is -2.53. The first-order valence-electron chi connectivity index (χ1n) is 7.78. The van der Waals surface area contributed by atoms with Crippen LogP contribution < -0.4 is 11.1 Å². The summed E-state index contributed by atoms with van der Waals surface area (Å²) < 4.78 is 0. The third-order valence-corrected chi connectivity index (χ3v) is 4.71. The van der Waals surface area contributed by atoms with Crippen molar-refractivity contribution in [2.75, 3.05) is 20.6 Å². The number of nitrogens with two attached hydrogens (primary N) is 1. The zero-order chi connectivity index (χ0) is 15.3. The van der Waals surface area contributed by atoms with Crippen molar-refractivity contribution < 1.29 is 4.79 Å². The van der Waals surface area contributed by atoms with Crippen molar-refractivity contribution in [2.45, 2.75) is 43.7 Å². The zero-order valence-corrected chi connectivity index (χ0v) is 15.6. The largest absolute Gasteiger partial charge is 0.353 e. The quantitative estimate of drug-likeness (QED) is 0.817. The summed E-state index contributed by atoms with van der Waals surface area (Å²) in [5, 5.41) is 3.06. The molecule has 2 rings (SSSR count). The Bertz CT molecular complexity index is 462. The van der Waals surface area contributed by atoms with Gasteiger partial charge in [0.05, 0.1) is 6.04 Å². The molecule has 1 saturated carbocycles. The molecule has 1 aliphatic rings. The molecule has 1 aromatic rings. The van der Waals surface area contributed by atoms with E-state index < -0.39 is 6.04 Å².